The minimum atomic E-state index is -0.734. The lowest BCUT2D eigenvalue weighted by molar-refractivity contribution is -0.143. The van der Waals surface area contributed by atoms with Gasteiger partial charge in [-0.1, -0.05) is 30.3 Å². The third-order valence-electron chi connectivity index (χ3n) is 5.99. The summed E-state index contributed by atoms with van der Waals surface area (Å²) in [6.07, 6.45) is 4.59. The Bertz CT molecular complexity index is 1100. The summed E-state index contributed by atoms with van der Waals surface area (Å²) in [5.41, 5.74) is 8.64. The number of hydrogen-bond donors (Lipinski definition) is 1. The van der Waals surface area contributed by atoms with E-state index in [1.54, 1.807) is 19.1 Å². The molecule has 4 rings (SSSR count). The van der Waals surface area contributed by atoms with Gasteiger partial charge in [0.25, 0.3) is 0 Å². The highest BCUT2D eigenvalue weighted by molar-refractivity contribution is 5.89. The van der Waals surface area contributed by atoms with E-state index in [0.29, 0.717) is 24.3 Å². The predicted molar refractivity (Wildman–Crippen MR) is 120 cm³/mol. The molecule has 166 valence electrons. The zero-order chi connectivity index (χ0) is 22.7. The highest BCUT2D eigenvalue weighted by Crippen LogP contribution is 2.35. The monoisotopic (exact) mass is 433 g/mol. The summed E-state index contributed by atoms with van der Waals surface area (Å²) in [5, 5.41) is 0. The normalized spacial score (nSPS) is 16.2. The second kappa shape index (κ2) is 9.18. The standard InChI is InChI=1S/C25H27N3O4/c1-31-22-14-18-13-20(24(26)29)28(16-19(18)15-23(22)32-2)25(30)21(27-10-6-7-11-27)12-17-8-4-3-5-9-17/h3-11,14-15,20-21H,12-13,16H2,1-2H3,(H2,26,29). The van der Waals surface area contributed by atoms with E-state index in [1.807, 2.05) is 71.6 Å². The van der Waals surface area contributed by atoms with Crippen LogP contribution < -0.4 is 15.2 Å². The van der Waals surface area contributed by atoms with Crippen LogP contribution in [0.2, 0.25) is 0 Å². The lowest BCUT2D eigenvalue weighted by atomic mass is 9.91. The molecule has 2 unspecified atom stereocenters. The Kier molecular flexibility index (Phi) is 6.16. The van der Waals surface area contributed by atoms with Crippen molar-refractivity contribution in [3.8, 4) is 11.5 Å². The van der Waals surface area contributed by atoms with Crippen molar-refractivity contribution in [2.75, 3.05) is 14.2 Å². The van der Waals surface area contributed by atoms with Crippen LogP contribution >= 0.6 is 0 Å². The minimum Gasteiger partial charge on any atom is -0.493 e. The fourth-order valence-corrected chi connectivity index (χ4v) is 4.30. The molecule has 3 aromatic rings. The third-order valence-corrected chi connectivity index (χ3v) is 5.99. The van der Waals surface area contributed by atoms with Gasteiger partial charge in [0, 0.05) is 31.8 Å². The van der Waals surface area contributed by atoms with E-state index in [4.69, 9.17) is 15.2 Å². The van der Waals surface area contributed by atoms with Crippen LogP contribution in [0.3, 0.4) is 0 Å². The summed E-state index contributed by atoms with van der Waals surface area (Å²) in [4.78, 5) is 27.8. The number of primary amides is 1. The van der Waals surface area contributed by atoms with Crippen LogP contribution in [0.25, 0.3) is 0 Å². The second-order valence-corrected chi connectivity index (χ2v) is 7.90. The molecule has 0 saturated heterocycles. The number of ether oxygens (including phenoxy) is 2. The van der Waals surface area contributed by atoms with Crippen LogP contribution in [0.1, 0.15) is 22.7 Å². The van der Waals surface area contributed by atoms with E-state index < -0.39 is 18.0 Å². The number of nitrogens with two attached hydrogens (primary N) is 1. The molecule has 2 N–H and O–H groups in total. The molecule has 0 radical (unpaired) electrons. The Labute approximate surface area is 187 Å². The van der Waals surface area contributed by atoms with Crippen LogP contribution in [0.5, 0.6) is 11.5 Å². The number of fused-ring (bicyclic) bond motifs is 1. The first-order valence-electron chi connectivity index (χ1n) is 10.5. The number of amides is 2. The van der Waals surface area contributed by atoms with E-state index in [9.17, 15) is 9.59 Å². The van der Waals surface area contributed by atoms with E-state index in [0.717, 1.165) is 16.7 Å². The van der Waals surface area contributed by atoms with Gasteiger partial charge in [0.05, 0.1) is 14.2 Å². The number of carbonyl (C=O) groups excluding carboxylic acids is 2. The number of benzene rings is 2. The largest absolute Gasteiger partial charge is 0.493 e. The Morgan fingerprint density at radius 1 is 1.00 bits per heavy atom. The zero-order valence-electron chi connectivity index (χ0n) is 18.2. The Morgan fingerprint density at radius 3 is 2.22 bits per heavy atom. The molecule has 2 atom stereocenters. The summed E-state index contributed by atoms with van der Waals surface area (Å²) in [6.45, 7) is 0.273. The molecular weight excluding hydrogens is 406 g/mol. The van der Waals surface area contributed by atoms with Gasteiger partial charge < -0.3 is 24.7 Å². The van der Waals surface area contributed by atoms with Crippen molar-refractivity contribution in [2.45, 2.75) is 31.5 Å². The van der Waals surface area contributed by atoms with E-state index in [-0.39, 0.29) is 12.5 Å². The molecule has 2 aromatic carbocycles. The molecule has 2 amide bonds. The molecule has 0 saturated carbocycles. The van der Waals surface area contributed by atoms with Gasteiger partial charge in [0.15, 0.2) is 11.5 Å². The lowest BCUT2D eigenvalue weighted by Crippen LogP contribution is -2.53. The Hall–Kier alpha value is -3.74. The van der Waals surface area contributed by atoms with E-state index >= 15 is 0 Å². The smallest absolute Gasteiger partial charge is 0.246 e. The van der Waals surface area contributed by atoms with Gasteiger partial charge >= 0.3 is 0 Å². The Morgan fingerprint density at radius 2 is 1.62 bits per heavy atom. The number of hydrogen-bond acceptors (Lipinski definition) is 4. The maximum absolute atomic E-state index is 13.8. The van der Waals surface area contributed by atoms with Gasteiger partial charge in [-0.3, -0.25) is 9.59 Å². The van der Waals surface area contributed by atoms with Gasteiger partial charge in [-0.2, -0.15) is 0 Å². The molecule has 1 aliphatic heterocycles. The number of nitrogens with zero attached hydrogens (tertiary/aromatic N) is 2. The quantitative estimate of drug-likeness (QED) is 0.621. The summed E-state index contributed by atoms with van der Waals surface area (Å²) in [5.74, 6) is 0.505. The second-order valence-electron chi connectivity index (χ2n) is 7.90. The average molecular weight is 434 g/mol. The van der Waals surface area contributed by atoms with Gasteiger partial charge in [-0.25, -0.2) is 0 Å². The van der Waals surface area contributed by atoms with Crippen molar-refractivity contribution in [1.82, 2.24) is 9.47 Å². The fourth-order valence-electron chi connectivity index (χ4n) is 4.30. The number of aromatic nitrogens is 1. The highest BCUT2D eigenvalue weighted by atomic mass is 16.5. The minimum absolute atomic E-state index is 0.144. The van der Waals surface area contributed by atoms with Crippen molar-refractivity contribution >= 4 is 11.8 Å². The summed E-state index contributed by atoms with van der Waals surface area (Å²) < 4.78 is 12.7. The van der Waals surface area contributed by atoms with Gasteiger partial charge in [-0.05, 0) is 41.0 Å². The highest BCUT2D eigenvalue weighted by Gasteiger charge is 2.37. The van der Waals surface area contributed by atoms with Crippen LogP contribution in [-0.2, 0) is 29.0 Å². The third kappa shape index (κ3) is 4.19. The summed E-state index contributed by atoms with van der Waals surface area (Å²) in [7, 11) is 3.14. The summed E-state index contributed by atoms with van der Waals surface area (Å²) >= 11 is 0. The lowest BCUT2D eigenvalue weighted by Gasteiger charge is -2.37. The molecule has 0 bridgehead atoms. The van der Waals surface area contributed by atoms with Crippen LogP contribution in [0, 0.1) is 0 Å². The summed E-state index contributed by atoms with van der Waals surface area (Å²) in [6, 6.07) is 16.1. The van der Waals surface area contributed by atoms with Crippen LogP contribution in [-0.4, -0.2) is 41.5 Å². The van der Waals surface area contributed by atoms with Crippen molar-refractivity contribution in [1.29, 1.82) is 0 Å². The Balaban J connectivity index is 1.70. The molecule has 0 aliphatic carbocycles. The molecular formula is C25H27N3O4. The maximum Gasteiger partial charge on any atom is 0.246 e. The van der Waals surface area contributed by atoms with E-state index in [2.05, 4.69) is 0 Å². The van der Waals surface area contributed by atoms with Crippen molar-refractivity contribution in [3.05, 3.63) is 83.7 Å². The van der Waals surface area contributed by atoms with E-state index in [1.165, 1.54) is 0 Å². The molecule has 0 fully saturated rings. The van der Waals surface area contributed by atoms with Gasteiger partial charge in [-0.15, -0.1) is 0 Å². The maximum atomic E-state index is 13.8. The zero-order valence-corrected chi connectivity index (χ0v) is 18.2. The topological polar surface area (TPSA) is 86.8 Å². The molecule has 7 nitrogen and oxygen atoms in total. The molecule has 2 heterocycles. The van der Waals surface area contributed by atoms with Crippen LogP contribution in [0.4, 0.5) is 0 Å². The first kappa shape index (κ1) is 21.5. The average Bonchev–Trinajstić information content (AvgIpc) is 3.35. The first-order chi connectivity index (χ1) is 15.5. The number of rotatable bonds is 7. The molecule has 7 heteroatoms. The van der Waals surface area contributed by atoms with Gasteiger partial charge in [0.2, 0.25) is 11.8 Å². The van der Waals surface area contributed by atoms with Crippen molar-refractivity contribution in [3.63, 3.8) is 0 Å². The molecule has 0 spiro atoms. The number of carbonyl (C=O) groups is 2. The predicted octanol–water partition coefficient (Wildman–Crippen LogP) is 2.73. The number of methoxy groups -OCH3 is 2. The first-order valence-corrected chi connectivity index (χ1v) is 10.5. The van der Waals surface area contributed by atoms with Crippen molar-refractivity contribution in [2.24, 2.45) is 5.73 Å². The van der Waals surface area contributed by atoms with Crippen molar-refractivity contribution < 1.29 is 19.1 Å². The molecule has 32 heavy (non-hydrogen) atoms. The van der Waals surface area contributed by atoms with Gasteiger partial charge in [0.1, 0.15) is 12.1 Å². The fraction of sp³-hybridized carbons (Fsp3) is 0.280. The SMILES string of the molecule is COc1cc2c(cc1OC)CN(C(=O)C(Cc1ccccc1)n1cccc1)C(C(N)=O)C2. The van der Waals surface area contributed by atoms with Crippen LogP contribution in [0.15, 0.2) is 67.0 Å². The molecule has 1 aliphatic rings. The molecule has 1 aromatic heterocycles.